The topological polar surface area (TPSA) is 113 Å². The van der Waals surface area contributed by atoms with E-state index in [9.17, 15) is 24.9 Å². The first kappa shape index (κ1) is 20.7. The lowest BCUT2D eigenvalue weighted by molar-refractivity contribution is -0.198. The van der Waals surface area contributed by atoms with Crippen LogP contribution in [0.2, 0.25) is 10.0 Å². The minimum atomic E-state index is -2.05. The van der Waals surface area contributed by atoms with E-state index >= 15 is 0 Å². The first-order chi connectivity index (χ1) is 12.2. The van der Waals surface area contributed by atoms with E-state index in [0.29, 0.717) is 15.6 Å². The van der Waals surface area contributed by atoms with Crippen LogP contribution in [0, 0.1) is 0 Å². The summed E-state index contributed by atoms with van der Waals surface area (Å²) in [7, 11) is 1.08. The number of ether oxygens (including phenoxy) is 2. The smallest absolute Gasteiger partial charge is 0.338 e. The van der Waals surface area contributed by atoms with Gasteiger partial charge in [-0.3, -0.25) is 0 Å². The van der Waals surface area contributed by atoms with Crippen molar-refractivity contribution in [3.8, 4) is 0 Å². The third kappa shape index (κ3) is 4.75. The average Bonchev–Trinajstić information content (AvgIpc) is 2.57. The molecule has 9 heteroatoms. The van der Waals surface area contributed by atoms with Gasteiger partial charge in [-0.2, -0.15) is 0 Å². The zero-order valence-corrected chi connectivity index (χ0v) is 15.3. The van der Waals surface area contributed by atoms with E-state index in [4.69, 9.17) is 27.9 Å². The van der Waals surface area contributed by atoms with Crippen LogP contribution in [0.1, 0.15) is 18.4 Å². The van der Waals surface area contributed by atoms with Crippen molar-refractivity contribution >= 4 is 41.2 Å². The van der Waals surface area contributed by atoms with E-state index < -0.39 is 48.7 Å². The molecule has 0 heterocycles. The van der Waals surface area contributed by atoms with Gasteiger partial charge in [-0.25, -0.2) is 9.59 Å². The van der Waals surface area contributed by atoms with Gasteiger partial charge in [0.15, 0.2) is 5.60 Å². The zero-order valence-electron chi connectivity index (χ0n) is 13.8. The summed E-state index contributed by atoms with van der Waals surface area (Å²) >= 11 is 11.8. The maximum Gasteiger partial charge on any atom is 0.338 e. The maximum atomic E-state index is 12.0. The summed E-state index contributed by atoms with van der Waals surface area (Å²) in [6.45, 7) is 0. The Morgan fingerprint density at radius 3 is 2.58 bits per heavy atom. The summed E-state index contributed by atoms with van der Waals surface area (Å²) in [5, 5.41) is 30.9. The van der Waals surface area contributed by atoms with Crippen LogP contribution in [-0.2, 0) is 19.1 Å². The summed E-state index contributed by atoms with van der Waals surface area (Å²) in [5.41, 5.74) is -1.54. The predicted octanol–water partition coefficient (Wildman–Crippen LogP) is 1.34. The van der Waals surface area contributed by atoms with E-state index in [1.807, 2.05) is 0 Å². The third-order valence-corrected chi connectivity index (χ3v) is 4.62. The lowest BCUT2D eigenvalue weighted by atomic mass is 9.79. The van der Waals surface area contributed by atoms with Crippen molar-refractivity contribution in [2.75, 3.05) is 7.11 Å². The normalized spacial score (nSPS) is 28.8. The Morgan fingerprint density at radius 2 is 1.96 bits per heavy atom. The molecule has 1 aromatic carbocycles. The van der Waals surface area contributed by atoms with Crippen LogP contribution < -0.4 is 0 Å². The predicted molar refractivity (Wildman–Crippen MR) is 93.6 cm³/mol. The molecule has 0 radical (unpaired) electrons. The minimum absolute atomic E-state index is 0.328. The Hall–Kier alpha value is -1.64. The summed E-state index contributed by atoms with van der Waals surface area (Å²) < 4.78 is 9.57. The van der Waals surface area contributed by atoms with Gasteiger partial charge >= 0.3 is 11.9 Å². The second kappa shape index (κ2) is 8.37. The number of esters is 2. The van der Waals surface area contributed by atoms with Gasteiger partial charge in [-0.1, -0.05) is 29.3 Å². The summed E-state index contributed by atoms with van der Waals surface area (Å²) in [6, 6.07) is 4.70. The molecular formula is C17H18Cl2O7. The molecule has 2 rings (SSSR count). The monoisotopic (exact) mass is 404 g/mol. The summed E-state index contributed by atoms with van der Waals surface area (Å²) in [5.74, 6) is -1.82. The van der Waals surface area contributed by atoms with Gasteiger partial charge in [0.05, 0.1) is 13.2 Å². The molecule has 7 nitrogen and oxygen atoms in total. The number of aliphatic hydroxyl groups is 3. The van der Waals surface area contributed by atoms with E-state index in [2.05, 4.69) is 4.74 Å². The number of rotatable bonds is 4. The standard InChI is InChI=1S/C17H18Cl2O7/c1-25-16(23)17(24)7-12(20)15(22)13(8-17)26-14(21)5-3-9-2-4-10(18)6-11(9)19/h2-6,12-13,15,20,22,24H,7-8H2,1H3/b5-3+/t12-,13-,15-,17+/m1/s1. The van der Waals surface area contributed by atoms with Crippen LogP contribution in [0.4, 0.5) is 0 Å². The van der Waals surface area contributed by atoms with Gasteiger partial charge in [0, 0.05) is 29.0 Å². The van der Waals surface area contributed by atoms with Gasteiger partial charge in [0.1, 0.15) is 12.2 Å². The Morgan fingerprint density at radius 1 is 1.27 bits per heavy atom. The largest absolute Gasteiger partial charge is 0.467 e. The highest BCUT2D eigenvalue weighted by Gasteiger charge is 2.50. The van der Waals surface area contributed by atoms with Crippen molar-refractivity contribution < 1.29 is 34.4 Å². The SMILES string of the molecule is COC(=O)[C@]1(O)C[C@@H](O)[C@@H](O)[C@H](OC(=O)/C=C/c2ccc(Cl)cc2Cl)C1. The number of benzene rings is 1. The van der Waals surface area contributed by atoms with E-state index in [1.165, 1.54) is 12.1 Å². The highest BCUT2D eigenvalue weighted by Crippen LogP contribution is 2.32. The van der Waals surface area contributed by atoms with Crippen LogP contribution in [0.5, 0.6) is 0 Å². The molecule has 1 aliphatic carbocycles. The van der Waals surface area contributed by atoms with Crippen molar-refractivity contribution in [1.82, 2.24) is 0 Å². The lowest BCUT2D eigenvalue weighted by Gasteiger charge is -2.39. The summed E-state index contributed by atoms with van der Waals surface area (Å²) in [6.07, 6.45) is -2.57. The molecule has 1 saturated carbocycles. The first-order valence-corrected chi connectivity index (χ1v) is 8.42. The molecule has 26 heavy (non-hydrogen) atoms. The minimum Gasteiger partial charge on any atom is -0.467 e. The number of hydrogen-bond acceptors (Lipinski definition) is 7. The molecule has 0 bridgehead atoms. The molecule has 0 saturated heterocycles. The Kier molecular flexibility index (Phi) is 6.65. The Bertz CT molecular complexity index is 721. The van der Waals surface area contributed by atoms with Gasteiger partial charge < -0.3 is 24.8 Å². The van der Waals surface area contributed by atoms with Crippen LogP contribution >= 0.6 is 23.2 Å². The molecular weight excluding hydrogens is 387 g/mol. The molecule has 0 aromatic heterocycles. The van der Waals surface area contributed by atoms with Gasteiger partial charge in [0.2, 0.25) is 0 Å². The van der Waals surface area contributed by atoms with E-state index in [1.54, 1.807) is 12.1 Å². The quantitative estimate of drug-likeness (QED) is 0.512. The Balaban J connectivity index is 2.08. The highest BCUT2D eigenvalue weighted by atomic mass is 35.5. The maximum absolute atomic E-state index is 12.0. The molecule has 0 unspecified atom stereocenters. The Labute approximate surface area is 159 Å². The number of carbonyl (C=O) groups excluding carboxylic acids is 2. The molecule has 1 aliphatic rings. The number of hydrogen-bond donors (Lipinski definition) is 3. The van der Waals surface area contributed by atoms with Gasteiger partial charge in [0.25, 0.3) is 0 Å². The van der Waals surface area contributed by atoms with E-state index in [-0.39, 0.29) is 0 Å². The molecule has 0 amide bonds. The van der Waals surface area contributed by atoms with Crippen LogP contribution in [0.25, 0.3) is 6.08 Å². The number of halogens is 2. The number of methoxy groups -OCH3 is 1. The zero-order chi connectivity index (χ0) is 19.5. The number of aliphatic hydroxyl groups excluding tert-OH is 2. The van der Waals surface area contributed by atoms with Gasteiger partial charge in [-0.15, -0.1) is 0 Å². The molecule has 3 N–H and O–H groups in total. The van der Waals surface area contributed by atoms with E-state index in [0.717, 1.165) is 13.2 Å². The molecule has 1 aromatic rings. The third-order valence-electron chi connectivity index (χ3n) is 4.06. The van der Waals surface area contributed by atoms with Crippen molar-refractivity contribution in [3.63, 3.8) is 0 Å². The van der Waals surface area contributed by atoms with Crippen molar-refractivity contribution in [2.45, 2.75) is 36.8 Å². The lowest BCUT2D eigenvalue weighted by Crippen LogP contribution is -2.57. The molecule has 0 spiro atoms. The average molecular weight is 405 g/mol. The summed E-state index contributed by atoms with van der Waals surface area (Å²) in [4.78, 5) is 23.7. The van der Waals surface area contributed by atoms with Crippen LogP contribution in [0.3, 0.4) is 0 Å². The number of carbonyl (C=O) groups is 2. The fourth-order valence-corrected chi connectivity index (χ4v) is 3.17. The molecule has 4 atom stereocenters. The van der Waals surface area contributed by atoms with Crippen molar-refractivity contribution in [1.29, 1.82) is 0 Å². The van der Waals surface area contributed by atoms with Crippen molar-refractivity contribution in [3.05, 3.63) is 39.9 Å². The second-order valence-corrected chi connectivity index (χ2v) is 6.81. The van der Waals surface area contributed by atoms with Crippen LogP contribution in [-0.4, -0.2) is 58.3 Å². The molecule has 142 valence electrons. The fraction of sp³-hybridized carbons (Fsp3) is 0.412. The molecule has 1 fully saturated rings. The second-order valence-electron chi connectivity index (χ2n) is 5.96. The molecule has 0 aliphatic heterocycles. The first-order valence-electron chi connectivity index (χ1n) is 7.67. The fourth-order valence-electron chi connectivity index (χ4n) is 2.70. The highest BCUT2D eigenvalue weighted by molar-refractivity contribution is 6.35. The van der Waals surface area contributed by atoms with Gasteiger partial charge in [-0.05, 0) is 23.8 Å². The van der Waals surface area contributed by atoms with Crippen LogP contribution in [0.15, 0.2) is 24.3 Å². The van der Waals surface area contributed by atoms with Crippen molar-refractivity contribution in [2.24, 2.45) is 0 Å².